The van der Waals surface area contributed by atoms with Gasteiger partial charge < -0.3 is 15.1 Å². The third-order valence-corrected chi connectivity index (χ3v) is 8.60. The second kappa shape index (κ2) is 13.1. The Labute approximate surface area is 246 Å². The third-order valence-electron chi connectivity index (χ3n) is 6.84. The first-order chi connectivity index (χ1) is 20.3. The summed E-state index contributed by atoms with van der Waals surface area (Å²) in [6.07, 6.45) is -2.40. The molecule has 0 saturated carbocycles. The standard InChI is InChI=1S/C29H31F3N4O6S/c1-18(2)16-22(35-28(39)25-13-12-24(42-25)19-8-10-20(11-9-19)29(30,31)32)27(38)34-21-6-5-15-36(17-23(21)37)43(40,41)26-7-3-4-14-33-26/h3-4,7-14,18,21-22H,5-6,15-17H2,1-2H3,(H,34,38)(H,35,39)/t21?,22-/m0/s1. The Kier molecular flexibility index (Phi) is 9.70. The molecule has 2 amide bonds. The SMILES string of the molecule is CC(C)C[C@H](NC(=O)c1ccc(-c2ccc(C(F)(F)F)cc2)o1)C(=O)NC1CCCN(S(=O)(=O)c2ccccn2)CC1=O. The van der Waals surface area contributed by atoms with Gasteiger partial charge in [-0.25, -0.2) is 13.4 Å². The Morgan fingerprint density at radius 3 is 2.44 bits per heavy atom. The zero-order valence-corrected chi connectivity index (χ0v) is 24.2. The number of amides is 2. The van der Waals surface area contributed by atoms with Gasteiger partial charge in [-0.1, -0.05) is 32.0 Å². The van der Waals surface area contributed by atoms with E-state index < -0.39 is 58.0 Å². The molecule has 1 fully saturated rings. The smallest absolute Gasteiger partial charge is 0.416 e. The zero-order valence-electron chi connectivity index (χ0n) is 23.4. The van der Waals surface area contributed by atoms with Crippen molar-refractivity contribution in [3.8, 4) is 11.3 Å². The number of hydrogen-bond acceptors (Lipinski definition) is 7. The highest BCUT2D eigenvalue weighted by Gasteiger charge is 2.35. The number of furan rings is 1. The minimum Gasteiger partial charge on any atom is -0.451 e. The molecule has 1 aliphatic rings. The molecule has 1 saturated heterocycles. The fraction of sp³-hybridized carbons (Fsp3) is 0.379. The molecule has 43 heavy (non-hydrogen) atoms. The number of nitrogens with one attached hydrogen (secondary N) is 2. The average Bonchev–Trinajstić information content (AvgIpc) is 3.38. The number of carbonyl (C=O) groups is 3. The molecule has 230 valence electrons. The Bertz CT molecular complexity index is 1560. The molecule has 4 rings (SSSR count). The molecule has 0 aliphatic carbocycles. The summed E-state index contributed by atoms with van der Waals surface area (Å²) >= 11 is 0. The van der Waals surface area contributed by atoms with E-state index in [0.29, 0.717) is 12.0 Å². The van der Waals surface area contributed by atoms with Gasteiger partial charge in [-0.15, -0.1) is 0 Å². The number of aromatic nitrogens is 1. The summed E-state index contributed by atoms with van der Waals surface area (Å²) in [5.74, 6) is -1.85. The van der Waals surface area contributed by atoms with Gasteiger partial charge in [-0.2, -0.15) is 17.5 Å². The molecule has 1 aliphatic heterocycles. The first-order valence-electron chi connectivity index (χ1n) is 13.6. The number of rotatable bonds is 9. The molecule has 2 aromatic heterocycles. The minimum atomic E-state index is -4.49. The Balaban J connectivity index is 1.42. The van der Waals surface area contributed by atoms with Gasteiger partial charge in [0, 0.05) is 18.3 Å². The summed E-state index contributed by atoms with van der Waals surface area (Å²) in [5.41, 5.74) is -0.493. The van der Waals surface area contributed by atoms with E-state index in [1.807, 2.05) is 13.8 Å². The van der Waals surface area contributed by atoms with E-state index in [2.05, 4.69) is 15.6 Å². The molecule has 10 nitrogen and oxygen atoms in total. The molecular weight excluding hydrogens is 589 g/mol. The predicted molar refractivity (Wildman–Crippen MR) is 149 cm³/mol. The quantitative estimate of drug-likeness (QED) is 0.368. The largest absolute Gasteiger partial charge is 0.451 e. The Morgan fingerprint density at radius 2 is 1.81 bits per heavy atom. The number of sulfonamides is 1. The number of ketones is 1. The lowest BCUT2D eigenvalue weighted by Crippen LogP contribution is -2.52. The highest BCUT2D eigenvalue weighted by molar-refractivity contribution is 7.89. The fourth-order valence-electron chi connectivity index (χ4n) is 4.63. The molecule has 1 unspecified atom stereocenters. The van der Waals surface area contributed by atoms with Gasteiger partial charge in [-0.3, -0.25) is 14.4 Å². The van der Waals surface area contributed by atoms with Gasteiger partial charge in [0.15, 0.2) is 16.6 Å². The summed E-state index contributed by atoms with van der Waals surface area (Å²) in [4.78, 5) is 43.2. The van der Waals surface area contributed by atoms with Crippen LogP contribution in [0.15, 0.2) is 70.2 Å². The highest BCUT2D eigenvalue weighted by atomic mass is 32.2. The Morgan fingerprint density at radius 1 is 1.09 bits per heavy atom. The third kappa shape index (κ3) is 7.87. The lowest BCUT2D eigenvalue weighted by molar-refractivity contribution is -0.137. The zero-order chi connectivity index (χ0) is 31.4. The van der Waals surface area contributed by atoms with Crippen molar-refractivity contribution in [2.45, 2.75) is 56.4 Å². The maximum Gasteiger partial charge on any atom is 0.416 e. The lowest BCUT2D eigenvalue weighted by Gasteiger charge is -2.23. The first kappa shape index (κ1) is 31.9. The normalized spacial score (nSPS) is 17.3. The second-order valence-corrected chi connectivity index (χ2v) is 12.5. The van der Waals surface area contributed by atoms with E-state index in [9.17, 15) is 36.0 Å². The fourth-order valence-corrected chi connectivity index (χ4v) is 6.00. The molecular formula is C29H31F3N4O6S. The number of Topliss-reactive ketones (excluding diaryl/α,β-unsaturated/α-hetero) is 1. The Hall–Kier alpha value is -4.04. The number of pyridine rings is 1. The van der Waals surface area contributed by atoms with Crippen molar-refractivity contribution in [3.63, 3.8) is 0 Å². The van der Waals surface area contributed by atoms with Gasteiger partial charge in [0.25, 0.3) is 15.9 Å². The van der Waals surface area contributed by atoms with Crippen LogP contribution in [-0.4, -0.2) is 60.5 Å². The average molecular weight is 621 g/mol. The van der Waals surface area contributed by atoms with Crippen LogP contribution in [0.3, 0.4) is 0 Å². The van der Waals surface area contributed by atoms with Crippen molar-refractivity contribution >= 4 is 27.6 Å². The van der Waals surface area contributed by atoms with Crippen molar-refractivity contribution in [2.75, 3.05) is 13.1 Å². The van der Waals surface area contributed by atoms with Crippen LogP contribution in [0.2, 0.25) is 0 Å². The van der Waals surface area contributed by atoms with E-state index in [0.717, 1.165) is 16.4 Å². The van der Waals surface area contributed by atoms with Crippen molar-refractivity contribution in [2.24, 2.45) is 5.92 Å². The number of carbonyl (C=O) groups excluding carboxylic acids is 3. The summed E-state index contributed by atoms with van der Waals surface area (Å²) in [5, 5.41) is 5.11. The molecule has 0 spiro atoms. The van der Waals surface area contributed by atoms with Gasteiger partial charge >= 0.3 is 6.18 Å². The van der Waals surface area contributed by atoms with Crippen molar-refractivity contribution in [1.29, 1.82) is 0 Å². The number of alkyl halides is 3. The molecule has 3 heterocycles. The summed E-state index contributed by atoms with van der Waals surface area (Å²) in [6.45, 7) is 3.32. The minimum absolute atomic E-state index is 0.0285. The monoisotopic (exact) mass is 620 g/mol. The topological polar surface area (TPSA) is 139 Å². The van der Waals surface area contributed by atoms with Crippen molar-refractivity contribution in [3.05, 3.63) is 72.1 Å². The maximum atomic E-state index is 13.3. The van der Waals surface area contributed by atoms with Crippen LogP contribution < -0.4 is 10.6 Å². The molecule has 1 aromatic carbocycles. The van der Waals surface area contributed by atoms with E-state index in [-0.39, 0.29) is 41.9 Å². The van der Waals surface area contributed by atoms with Gasteiger partial charge in [0.2, 0.25) is 5.91 Å². The van der Waals surface area contributed by atoms with Gasteiger partial charge in [-0.05, 0) is 61.6 Å². The van der Waals surface area contributed by atoms with Gasteiger partial charge in [0.1, 0.15) is 11.8 Å². The first-order valence-corrected chi connectivity index (χ1v) is 15.0. The summed E-state index contributed by atoms with van der Waals surface area (Å²) in [6, 6.07) is 9.49. The van der Waals surface area contributed by atoms with Gasteiger partial charge in [0.05, 0.1) is 18.2 Å². The van der Waals surface area contributed by atoms with Crippen LogP contribution in [0.25, 0.3) is 11.3 Å². The summed E-state index contributed by atoms with van der Waals surface area (Å²) < 4.78 is 71.2. The second-order valence-electron chi connectivity index (χ2n) is 10.6. The highest BCUT2D eigenvalue weighted by Crippen LogP contribution is 2.31. The number of halogens is 3. The van der Waals surface area contributed by atoms with Crippen molar-refractivity contribution < 1.29 is 40.4 Å². The maximum absolute atomic E-state index is 13.3. The van der Waals surface area contributed by atoms with E-state index >= 15 is 0 Å². The van der Waals surface area contributed by atoms with Crippen LogP contribution in [0.4, 0.5) is 13.2 Å². The van der Waals surface area contributed by atoms with Crippen LogP contribution in [0.5, 0.6) is 0 Å². The number of nitrogens with zero attached hydrogens (tertiary/aromatic N) is 2. The molecule has 2 N–H and O–H groups in total. The van der Waals surface area contributed by atoms with Crippen molar-refractivity contribution in [1.82, 2.24) is 19.9 Å². The predicted octanol–water partition coefficient (Wildman–Crippen LogP) is 4.04. The molecule has 2 atom stereocenters. The van der Waals surface area contributed by atoms with Crippen LogP contribution in [0, 0.1) is 5.92 Å². The van der Waals surface area contributed by atoms with Crippen LogP contribution in [0.1, 0.15) is 49.2 Å². The molecule has 0 bridgehead atoms. The number of benzene rings is 1. The number of hydrogen-bond donors (Lipinski definition) is 2. The molecule has 14 heteroatoms. The van der Waals surface area contributed by atoms with E-state index in [1.54, 1.807) is 6.07 Å². The molecule has 3 aromatic rings. The van der Waals surface area contributed by atoms with Crippen LogP contribution in [-0.2, 0) is 25.8 Å². The summed E-state index contributed by atoms with van der Waals surface area (Å²) in [7, 11) is -4.00. The van der Waals surface area contributed by atoms with E-state index in [4.69, 9.17) is 4.42 Å². The lowest BCUT2D eigenvalue weighted by atomic mass is 10.0. The van der Waals surface area contributed by atoms with Crippen LogP contribution >= 0.6 is 0 Å². The molecule has 0 radical (unpaired) electrons. The van der Waals surface area contributed by atoms with E-state index in [1.165, 1.54) is 42.6 Å².